The highest BCUT2D eigenvalue weighted by atomic mass is 32.2. The molecule has 8 heteroatoms. The molecule has 1 amide bonds. The number of amides is 1. The minimum atomic E-state index is -3.71. The number of carbonyl (C=O) groups excluding carboxylic acids is 1. The van der Waals surface area contributed by atoms with Gasteiger partial charge in [0.25, 0.3) is 15.9 Å². The summed E-state index contributed by atoms with van der Waals surface area (Å²) in [6.07, 6.45) is 0. The zero-order valence-corrected chi connectivity index (χ0v) is 18.7. The van der Waals surface area contributed by atoms with Gasteiger partial charge in [0.05, 0.1) is 4.90 Å². The van der Waals surface area contributed by atoms with Crippen LogP contribution in [-0.2, 0) is 16.6 Å². The number of carbonyl (C=O) groups is 1. The first-order valence-electron chi connectivity index (χ1n) is 10.2. The van der Waals surface area contributed by atoms with E-state index in [4.69, 9.17) is 9.47 Å². The number of benzene rings is 3. The molecule has 166 valence electrons. The lowest BCUT2D eigenvalue weighted by atomic mass is 10.1. The SMILES string of the molecule is Cc1ccc(S(=O)(=O)Nc2ccc(C(=O)NCc3ccc4c(c3)OCCO4)cc2)cc1C. The third-order valence-corrected chi connectivity index (χ3v) is 6.63. The molecule has 3 aromatic carbocycles. The van der Waals surface area contributed by atoms with E-state index < -0.39 is 10.0 Å². The van der Waals surface area contributed by atoms with Crippen LogP contribution in [0.2, 0.25) is 0 Å². The molecule has 32 heavy (non-hydrogen) atoms. The highest BCUT2D eigenvalue weighted by Gasteiger charge is 2.16. The van der Waals surface area contributed by atoms with Crippen LogP contribution >= 0.6 is 0 Å². The predicted octanol–water partition coefficient (Wildman–Crippen LogP) is 3.81. The summed E-state index contributed by atoms with van der Waals surface area (Å²) >= 11 is 0. The molecule has 0 aromatic heterocycles. The van der Waals surface area contributed by atoms with Gasteiger partial charge in [-0.25, -0.2) is 8.42 Å². The van der Waals surface area contributed by atoms with E-state index >= 15 is 0 Å². The van der Waals surface area contributed by atoms with Gasteiger partial charge in [0.15, 0.2) is 11.5 Å². The van der Waals surface area contributed by atoms with Gasteiger partial charge < -0.3 is 14.8 Å². The van der Waals surface area contributed by atoms with Crippen molar-refractivity contribution >= 4 is 21.6 Å². The van der Waals surface area contributed by atoms with E-state index in [1.807, 2.05) is 32.0 Å². The van der Waals surface area contributed by atoms with Crippen LogP contribution in [0, 0.1) is 13.8 Å². The normalized spacial score (nSPS) is 12.8. The molecular formula is C24H24N2O5S. The molecule has 2 N–H and O–H groups in total. The third-order valence-electron chi connectivity index (χ3n) is 5.25. The Kier molecular flexibility index (Phi) is 6.05. The zero-order valence-electron chi connectivity index (χ0n) is 17.8. The molecule has 0 radical (unpaired) electrons. The van der Waals surface area contributed by atoms with Gasteiger partial charge in [-0.05, 0) is 79.1 Å². The number of anilines is 1. The topological polar surface area (TPSA) is 93.7 Å². The average molecular weight is 453 g/mol. The second kappa shape index (κ2) is 8.92. The Bertz CT molecular complexity index is 1250. The Morgan fingerprint density at radius 3 is 2.31 bits per heavy atom. The molecule has 4 rings (SSSR count). The van der Waals surface area contributed by atoms with Crippen molar-refractivity contribution in [3.05, 3.63) is 82.9 Å². The van der Waals surface area contributed by atoms with Gasteiger partial charge in [0.2, 0.25) is 0 Å². The van der Waals surface area contributed by atoms with E-state index in [0.717, 1.165) is 16.7 Å². The van der Waals surface area contributed by atoms with Crippen molar-refractivity contribution in [1.29, 1.82) is 0 Å². The van der Waals surface area contributed by atoms with Crippen molar-refractivity contribution < 1.29 is 22.7 Å². The maximum absolute atomic E-state index is 12.6. The number of hydrogen-bond donors (Lipinski definition) is 2. The Hall–Kier alpha value is -3.52. The maximum Gasteiger partial charge on any atom is 0.261 e. The van der Waals surface area contributed by atoms with Crippen molar-refractivity contribution in [2.45, 2.75) is 25.3 Å². The van der Waals surface area contributed by atoms with Gasteiger partial charge in [-0.2, -0.15) is 0 Å². The van der Waals surface area contributed by atoms with Crippen LogP contribution in [0.15, 0.2) is 65.6 Å². The first-order chi connectivity index (χ1) is 15.3. The Balaban J connectivity index is 1.38. The summed E-state index contributed by atoms with van der Waals surface area (Å²) in [7, 11) is -3.71. The summed E-state index contributed by atoms with van der Waals surface area (Å²) in [4.78, 5) is 12.7. The first-order valence-corrected chi connectivity index (χ1v) is 11.7. The zero-order chi connectivity index (χ0) is 22.7. The lowest BCUT2D eigenvalue weighted by Gasteiger charge is -2.19. The molecule has 0 saturated carbocycles. The summed E-state index contributed by atoms with van der Waals surface area (Å²) in [5, 5.41) is 2.85. The standard InChI is InChI=1S/C24H24N2O5S/c1-16-3-9-21(13-17(16)2)32(28,29)26-20-7-5-19(6-8-20)24(27)25-15-18-4-10-22-23(14-18)31-12-11-30-22/h3-10,13-14,26H,11-12,15H2,1-2H3,(H,25,27). The largest absolute Gasteiger partial charge is 0.486 e. The summed E-state index contributed by atoms with van der Waals surface area (Å²) in [5.41, 5.74) is 3.62. The minimum absolute atomic E-state index is 0.196. The van der Waals surface area contributed by atoms with Crippen LogP contribution in [0.1, 0.15) is 27.0 Å². The number of hydrogen-bond acceptors (Lipinski definition) is 5. The van der Waals surface area contributed by atoms with E-state index in [1.165, 1.54) is 0 Å². The molecule has 0 bridgehead atoms. The number of ether oxygens (including phenoxy) is 2. The fraction of sp³-hybridized carbons (Fsp3) is 0.208. The van der Waals surface area contributed by atoms with Crippen LogP contribution < -0.4 is 19.5 Å². The maximum atomic E-state index is 12.6. The molecule has 0 unspecified atom stereocenters. The minimum Gasteiger partial charge on any atom is -0.486 e. The summed E-state index contributed by atoms with van der Waals surface area (Å²) in [6, 6.07) is 16.8. The van der Waals surface area contributed by atoms with Gasteiger partial charge in [0.1, 0.15) is 13.2 Å². The molecule has 1 aliphatic heterocycles. The van der Waals surface area contributed by atoms with E-state index in [1.54, 1.807) is 42.5 Å². The van der Waals surface area contributed by atoms with E-state index in [2.05, 4.69) is 10.0 Å². The van der Waals surface area contributed by atoms with Crippen LogP contribution in [-0.4, -0.2) is 27.5 Å². The molecule has 7 nitrogen and oxygen atoms in total. The van der Waals surface area contributed by atoms with Gasteiger partial charge in [-0.3, -0.25) is 9.52 Å². The predicted molar refractivity (Wildman–Crippen MR) is 122 cm³/mol. The van der Waals surface area contributed by atoms with Gasteiger partial charge >= 0.3 is 0 Å². The Labute approximate surface area is 187 Å². The number of nitrogens with one attached hydrogen (secondary N) is 2. The molecule has 0 atom stereocenters. The fourth-order valence-electron chi connectivity index (χ4n) is 3.27. The van der Waals surface area contributed by atoms with Gasteiger partial charge in [-0.1, -0.05) is 12.1 Å². The molecule has 1 aliphatic rings. The smallest absolute Gasteiger partial charge is 0.261 e. The van der Waals surface area contributed by atoms with Gasteiger partial charge in [0, 0.05) is 17.8 Å². The lowest BCUT2D eigenvalue weighted by Crippen LogP contribution is -2.23. The van der Waals surface area contributed by atoms with Crippen LogP contribution in [0.3, 0.4) is 0 Å². The Morgan fingerprint density at radius 1 is 0.875 bits per heavy atom. The summed E-state index contributed by atoms with van der Waals surface area (Å²) in [6.45, 7) is 5.16. The molecule has 0 aliphatic carbocycles. The van der Waals surface area contributed by atoms with Crippen LogP contribution in [0.4, 0.5) is 5.69 Å². The molecule has 3 aromatic rings. The lowest BCUT2D eigenvalue weighted by molar-refractivity contribution is 0.0951. The second-order valence-corrected chi connectivity index (χ2v) is 9.27. The fourth-order valence-corrected chi connectivity index (χ4v) is 4.41. The van der Waals surface area contributed by atoms with Crippen molar-refractivity contribution in [2.75, 3.05) is 17.9 Å². The third kappa shape index (κ3) is 4.86. The van der Waals surface area contributed by atoms with Crippen LogP contribution in [0.5, 0.6) is 11.5 Å². The molecule has 0 fully saturated rings. The van der Waals surface area contributed by atoms with Crippen molar-refractivity contribution in [1.82, 2.24) is 5.32 Å². The molecule has 0 saturated heterocycles. The highest BCUT2D eigenvalue weighted by molar-refractivity contribution is 7.92. The number of aryl methyl sites for hydroxylation is 2. The second-order valence-electron chi connectivity index (χ2n) is 7.59. The molecular weight excluding hydrogens is 428 g/mol. The van der Waals surface area contributed by atoms with E-state index in [-0.39, 0.29) is 10.8 Å². The number of fused-ring (bicyclic) bond motifs is 1. The highest BCUT2D eigenvalue weighted by Crippen LogP contribution is 2.30. The van der Waals surface area contributed by atoms with Crippen molar-refractivity contribution in [3.63, 3.8) is 0 Å². The quantitative estimate of drug-likeness (QED) is 0.593. The molecule has 1 heterocycles. The van der Waals surface area contributed by atoms with Crippen LogP contribution in [0.25, 0.3) is 0 Å². The van der Waals surface area contributed by atoms with E-state index in [9.17, 15) is 13.2 Å². The summed E-state index contributed by atoms with van der Waals surface area (Å²) < 4.78 is 38.9. The first kappa shape index (κ1) is 21.7. The number of sulfonamides is 1. The summed E-state index contributed by atoms with van der Waals surface area (Å²) in [5.74, 6) is 1.11. The monoisotopic (exact) mass is 452 g/mol. The average Bonchev–Trinajstić information content (AvgIpc) is 2.79. The van der Waals surface area contributed by atoms with Gasteiger partial charge in [-0.15, -0.1) is 0 Å². The Morgan fingerprint density at radius 2 is 1.59 bits per heavy atom. The van der Waals surface area contributed by atoms with Crippen molar-refractivity contribution in [2.24, 2.45) is 0 Å². The number of rotatable bonds is 6. The van der Waals surface area contributed by atoms with E-state index in [0.29, 0.717) is 42.5 Å². The molecule has 0 spiro atoms. The van der Waals surface area contributed by atoms with Crippen molar-refractivity contribution in [3.8, 4) is 11.5 Å².